The molecule has 26 heavy (non-hydrogen) atoms. The molecule has 0 spiro atoms. The Morgan fingerprint density at radius 1 is 1.38 bits per heavy atom. The molecule has 2 aromatic heterocycles. The Morgan fingerprint density at radius 2 is 2.15 bits per heavy atom. The number of pyridine rings is 1. The average Bonchev–Trinajstić information content (AvgIpc) is 2.97. The van der Waals surface area contributed by atoms with Crippen LogP contribution >= 0.6 is 11.6 Å². The Hall–Kier alpha value is -2.84. The number of amides is 2. The Kier molecular flexibility index (Phi) is 4.97. The molecule has 136 valence electrons. The van der Waals surface area contributed by atoms with Gasteiger partial charge in [-0.15, -0.1) is 5.10 Å². The molecule has 0 bridgehead atoms. The number of nitrogens with zero attached hydrogens (tertiary/aromatic N) is 2. The van der Waals surface area contributed by atoms with E-state index >= 15 is 0 Å². The molecule has 8 nitrogen and oxygen atoms in total. The smallest absolute Gasteiger partial charge is 0.320 e. The van der Waals surface area contributed by atoms with E-state index in [-0.39, 0.29) is 23.4 Å². The number of aromatic amines is 1. The molecule has 9 heteroatoms. The van der Waals surface area contributed by atoms with Crippen molar-refractivity contribution in [3.8, 4) is 5.88 Å². The molecule has 3 aromatic rings. The molecular formula is C17H18ClN5O3. The van der Waals surface area contributed by atoms with Crippen LogP contribution in [-0.4, -0.2) is 31.4 Å². The van der Waals surface area contributed by atoms with Gasteiger partial charge in [0, 0.05) is 11.1 Å². The van der Waals surface area contributed by atoms with Gasteiger partial charge in [-0.1, -0.05) is 23.7 Å². The van der Waals surface area contributed by atoms with Crippen LogP contribution in [-0.2, 0) is 6.61 Å². The van der Waals surface area contributed by atoms with Crippen LogP contribution < -0.4 is 10.6 Å². The van der Waals surface area contributed by atoms with Crippen molar-refractivity contribution in [3.63, 3.8) is 0 Å². The molecule has 0 saturated heterocycles. The van der Waals surface area contributed by atoms with E-state index in [0.717, 1.165) is 11.1 Å². The third-order valence-corrected chi connectivity index (χ3v) is 4.45. The minimum absolute atomic E-state index is 0.213. The number of carbonyl (C=O) groups excluding carboxylic acids is 1. The van der Waals surface area contributed by atoms with Crippen molar-refractivity contribution in [2.45, 2.75) is 26.5 Å². The molecule has 0 aliphatic carbocycles. The largest absolute Gasteiger partial charge is 0.492 e. The second-order valence-corrected chi connectivity index (χ2v) is 6.32. The third-order valence-electron chi connectivity index (χ3n) is 4.02. The Labute approximate surface area is 154 Å². The highest BCUT2D eigenvalue weighted by Gasteiger charge is 2.15. The van der Waals surface area contributed by atoms with Crippen LogP contribution in [0.4, 0.5) is 10.6 Å². The van der Waals surface area contributed by atoms with Gasteiger partial charge in [0.15, 0.2) is 0 Å². The fourth-order valence-corrected chi connectivity index (χ4v) is 2.77. The first-order chi connectivity index (χ1) is 12.4. The van der Waals surface area contributed by atoms with Gasteiger partial charge < -0.3 is 15.5 Å². The maximum Gasteiger partial charge on any atom is 0.320 e. The van der Waals surface area contributed by atoms with Gasteiger partial charge >= 0.3 is 6.03 Å². The minimum atomic E-state index is -0.454. The summed E-state index contributed by atoms with van der Waals surface area (Å²) in [7, 11) is 0. The van der Waals surface area contributed by atoms with Crippen LogP contribution in [0.5, 0.6) is 5.88 Å². The van der Waals surface area contributed by atoms with Gasteiger partial charge in [-0.3, -0.25) is 10.4 Å². The van der Waals surface area contributed by atoms with Crippen molar-refractivity contribution in [2.24, 2.45) is 0 Å². The van der Waals surface area contributed by atoms with Crippen molar-refractivity contribution in [3.05, 3.63) is 46.1 Å². The lowest BCUT2D eigenvalue weighted by molar-refractivity contribution is 0.249. The van der Waals surface area contributed by atoms with Crippen LogP contribution in [0.1, 0.15) is 29.8 Å². The summed E-state index contributed by atoms with van der Waals surface area (Å²) >= 11 is 6.02. The zero-order valence-corrected chi connectivity index (χ0v) is 14.9. The number of hydrogen-bond acceptors (Lipinski definition) is 5. The molecule has 3 rings (SSSR count). The first kappa shape index (κ1) is 18.0. The highest BCUT2D eigenvalue weighted by molar-refractivity contribution is 6.31. The van der Waals surface area contributed by atoms with Crippen molar-refractivity contribution >= 4 is 34.4 Å². The summed E-state index contributed by atoms with van der Waals surface area (Å²) in [4.78, 5) is 16.4. The quantitative estimate of drug-likeness (QED) is 0.479. The molecule has 0 aliphatic heterocycles. The average molecular weight is 376 g/mol. The lowest BCUT2D eigenvalue weighted by atomic mass is 10.1. The van der Waals surface area contributed by atoms with Gasteiger partial charge in [0.25, 0.3) is 0 Å². The number of aliphatic hydroxyl groups excluding tert-OH is 1. The number of nitrogens with one attached hydrogen (secondary N) is 3. The van der Waals surface area contributed by atoms with E-state index in [1.165, 1.54) is 6.07 Å². The van der Waals surface area contributed by atoms with E-state index in [4.69, 9.17) is 11.6 Å². The molecular weight excluding hydrogens is 358 g/mol. The first-order valence-electron chi connectivity index (χ1n) is 7.90. The van der Waals surface area contributed by atoms with Gasteiger partial charge in [-0.25, -0.2) is 9.78 Å². The zero-order valence-electron chi connectivity index (χ0n) is 14.2. The van der Waals surface area contributed by atoms with Crippen LogP contribution in [0.15, 0.2) is 24.3 Å². The van der Waals surface area contributed by atoms with Crippen LogP contribution in [0.25, 0.3) is 10.9 Å². The third kappa shape index (κ3) is 3.56. The molecule has 0 radical (unpaired) electrons. The number of benzene rings is 1. The topological polar surface area (TPSA) is 123 Å². The van der Waals surface area contributed by atoms with E-state index in [9.17, 15) is 15.0 Å². The number of rotatable bonds is 4. The van der Waals surface area contributed by atoms with E-state index in [1.54, 1.807) is 6.07 Å². The normalized spacial score (nSPS) is 12.2. The number of aromatic nitrogens is 3. The fraction of sp³-hybridized carbons (Fsp3) is 0.235. The second kappa shape index (κ2) is 7.19. The van der Waals surface area contributed by atoms with E-state index in [0.29, 0.717) is 15.9 Å². The van der Waals surface area contributed by atoms with Crippen molar-refractivity contribution in [1.82, 2.24) is 20.5 Å². The molecule has 2 amide bonds. The number of aryl methyl sites for hydroxylation is 1. The molecule has 0 unspecified atom stereocenters. The lowest BCUT2D eigenvalue weighted by Gasteiger charge is -2.16. The molecule has 2 heterocycles. The summed E-state index contributed by atoms with van der Waals surface area (Å²) in [6.07, 6.45) is 0. The standard InChI is InChI=1S/C17H18ClN5O3/c1-8-5-10(3-4-11(8)18)9(2)19-17(26)21-14-6-12-15(13(7-24)20-14)16(25)23-22-12/h3-6,9,24H,7H2,1-2H3,(H2,22,23,25)(H2,19,20,21,26)/t9-/m1/s1. The number of urea groups is 1. The van der Waals surface area contributed by atoms with Crippen molar-refractivity contribution in [1.29, 1.82) is 0 Å². The predicted molar refractivity (Wildman–Crippen MR) is 98.2 cm³/mol. The lowest BCUT2D eigenvalue weighted by Crippen LogP contribution is -2.31. The number of H-pyrrole nitrogens is 1. The summed E-state index contributed by atoms with van der Waals surface area (Å²) in [5.74, 6) is -0.0264. The predicted octanol–water partition coefficient (Wildman–Crippen LogP) is 3.00. The highest BCUT2D eigenvalue weighted by Crippen LogP contribution is 2.26. The monoisotopic (exact) mass is 375 g/mol. The maximum absolute atomic E-state index is 12.3. The number of fused-ring (bicyclic) bond motifs is 1. The van der Waals surface area contributed by atoms with E-state index in [1.807, 2.05) is 26.0 Å². The van der Waals surface area contributed by atoms with Crippen LogP contribution in [0, 0.1) is 6.92 Å². The number of aliphatic hydroxyl groups is 1. The number of carbonyl (C=O) groups is 1. The highest BCUT2D eigenvalue weighted by atomic mass is 35.5. The molecule has 0 aliphatic rings. The van der Waals surface area contributed by atoms with Gasteiger partial charge in [0.2, 0.25) is 5.88 Å². The summed E-state index contributed by atoms with van der Waals surface area (Å²) in [6.45, 7) is 3.35. The summed E-state index contributed by atoms with van der Waals surface area (Å²) in [5.41, 5.74) is 2.51. The molecule has 0 saturated carbocycles. The zero-order chi connectivity index (χ0) is 18.8. The minimum Gasteiger partial charge on any atom is -0.492 e. The molecule has 0 fully saturated rings. The first-order valence-corrected chi connectivity index (χ1v) is 8.28. The fourth-order valence-electron chi connectivity index (χ4n) is 2.65. The Bertz CT molecular complexity index is 972. The SMILES string of the molecule is Cc1cc([C@@H](C)NC(=O)Nc2cc3[nH]nc(O)c3c(CO)n2)ccc1Cl. The summed E-state index contributed by atoms with van der Waals surface area (Å²) < 4.78 is 0. The molecule has 5 N–H and O–H groups in total. The molecule has 1 atom stereocenters. The van der Waals surface area contributed by atoms with Gasteiger partial charge in [-0.2, -0.15) is 0 Å². The van der Waals surface area contributed by atoms with E-state index < -0.39 is 12.6 Å². The number of aromatic hydroxyl groups is 1. The Balaban J connectivity index is 1.75. The van der Waals surface area contributed by atoms with Crippen molar-refractivity contribution < 1.29 is 15.0 Å². The van der Waals surface area contributed by atoms with Gasteiger partial charge in [0.05, 0.1) is 29.2 Å². The number of anilines is 1. The van der Waals surface area contributed by atoms with Crippen LogP contribution in [0.3, 0.4) is 0 Å². The van der Waals surface area contributed by atoms with Crippen LogP contribution in [0.2, 0.25) is 5.02 Å². The second-order valence-electron chi connectivity index (χ2n) is 5.91. The maximum atomic E-state index is 12.3. The number of hydrogen-bond donors (Lipinski definition) is 5. The summed E-state index contributed by atoms with van der Waals surface area (Å²) in [5, 5.41) is 31.8. The number of halogens is 1. The van der Waals surface area contributed by atoms with Gasteiger partial charge in [0.1, 0.15) is 5.82 Å². The van der Waals surface area contributed by atoms with Crippen molar-refractivity contribution in [2.75, 3.05) is 5.32 Å². The Morgan fingerprint density at radius 3 is 2.85 bits per heavy atom. The van der Waals surface area contributed by atoms with E-state index in [2.05, 4.69) is 25.8 Å². The summed E-state index contributed by atoms with van der Waals surface area (Å²) in [6, 6.07) is 6.37. The molecule has 1 aromatic carbocycles. The van der Waals surface area contributed by atoms with Gasteiger partial charge in [-0.05, 0) is 31.0 Å².